The lowest BCUT2D eigenvalue weighted by atomic mass is 9.86. The number of benzene rings is 2. The smallest absolute Gasteiger partial charge is 0.243 e. The van der Waals surface area contributed by atoms with Crippen LogP contribution >= 0.6 is 0 Å². The van der Waals surface area contributed by atoms with E-state index in [0.29, 0.717) is 38.3 Å². The molecule has 1 aliphatic rings. The predicted octanol–water partition coefficient (Wildman–Crippen LogP) is 3.59. The molecule has 33 heavy (non-hydrogen) atoms. The molecule has 7 nitrogen and oxygen atoms in total. The summed E-state index contributed by atoms with van der Waals surface area (Å²) in [7, 11) is -2.13. The zero-order valence-corrected chi connectivity index (χ0v) is 20.7. The number of carbonyl (C=O) groups is 1. The van der Waals surface area contributed by atoms with Crippen LogP contribution in [0, 0.1) is 5.92 Å². The molecule has 0 bridgehead atoms. The third-order valence-corrected chi connectivity index (χ3v) is 7.69. The fraction of sp³-hybridized carbons (Fsp3) is 0.480. The van der Waals surface area contributed by atoms with Crippen molar-refractivity contribution >= 4 is 15.9 Å². The average Bonchev–Trinajstić information content (AvgIpc) is 2.81. The molecular weight excluding hydrogens is 440 g/mol. The van der Waals surface area contributed by atoms with Crippen molar-refractivity contribution in [3.05, 3.63) is 54.1 Å². The first-order valence-corrected chi connectivity index (χ1v) is 12.7. The number of amides is 1. The largest absolute Gasteiger partial charge is 0.497 e. The van der Waals surface area contributed by atoms with Crippen LogP contribution in [0.1, 0.15) is 39.2 Å². The quantitative estimate of drug-likeness (QED) is 0.591. The number of hydrogen-bond donors (Lipinski definition) is 1. The Bertz CT molecular complexity index is 1050. The van der Waals surface area contributed by atoms with Gasteiger partial charge in [0.2, 0.25) is 15.9 Å². The van der Waals surface area contributed by atoms with Crippen molar-refractivity contribution in [2.45, 2.75) is 43.9 Å². The summed E-state index contributed by atoms with van der Waals surface area (Å²) >= 11 is 0. The average molecular weight is 475 g/mol. The van der Waals surface area contributed by atoms with Crippen LogP contribution in [0.15, 0.2) is 53.4 Å². The van der Waals surface area contributed by atoms with E-state index in [9.17, 15) is 13.2 Å². The van der Waals surface area contributed by atoms with Crippen molar-refractivity contribution in [3.63, 3.8) is 0 Å². The van der Waals surface area contributed by atoms with E-state index >= 15 is 0 Å². The zero-order valence-electron chi connectivity index (χ0n) is 19.8. The number of nitrogens with one attached hydrogen (secondary N) is 1. The summed E-state index contributed by atoms with van der Waals surface area (Å²) < 4.78 is 38.5. The first kappa shape index (κ1) is 25.1. The summed E-state index contributed by atoms with van der Waals surface area (Å²) in [6.45, 7) is 7.68. The Hall–Kier alpha value is -2.58. The first-order chi connectivity index (χ1) is 15.6. The first-order valence-electron chi connectivity index (χ1n) is 11.3. The van der Waals surface area contributed by atoms with Crippen LogP contribution in [0.2, 0.25) is 0 Å². The Labute approximate surface area is 197 Å². The fourth-order valence-corrected chi connectivity index (χ4v) is 5.49. The van der Waals surface area contributed by atoms with Gasteiger partial charge in [-0.2, -0.15) is 4.31 Å². The highest BCUT2D eigenvalue weighted by atomic mass is 32.2. The minimum atomic E-state index is -3.66. The van der Waals surface area contributed by atoms with Gasteiger partial charge in [-0.3, -0.25) is 4.79 Å². The topological polar surface area (TPSA) is 84.9 Å². The zero-order chi connectivity index (χ0) is 24.1. The fourth-order valence-electron chi connectivity index (χ4n) is 3.96. The number of piperidine rings is 1. The molecule has 0 radical (unpaired) electrons. The maximum atomic E-state index is 13.0. The van der Waals surface area contributed by atoms with Crippen LogP contribution in [0.5, 0.6) is 11.5 Å². The van der Waals surface area contributed by atoms with Crippen molar-refractivity contribution in [2.75, 3.05) is 33.4 Å². The second kappa shape index (κ2) is 10.6. The number of carbonyl (C=O) groups excluding carboxylic acids is 1. The molecule has 1 aliphatic heterocycles. The molecule has 1 saturated heterocycles. The lowest BCUT2D eigenvalue weighted by Gasteiger charge is -2.31. The van der Waals surface area contributed by atoms with Gasteiger partial charge in [0.1, 0.15) is 18.1 Å². The molecule has 2 aromatic carbocycles. The number of methoxy groups -OCH3 is 1. The third kappa shape index (κ3) is 6.26. The van der Waals surface area contributed by atoms with Crippen LogP contribution in [-0.2, 0) is 20.2 Å². The van der Waals surface area contributed by atoms with Gasteiger partial charge < -0.3 is 14.8 Å². The van der Waals surface area contributed by atoms with Gasteiger partial charge >= 0.3 is 0 Å². The molecule has 0 aliphatic carbocycles. The molecule has 0 unspecified atom stereocenters. The Balaban J connectivity index is 1.54. The van der Waals surface area contributed by atoms with Gasteiger partial charge in [0.05, 0.1) is 24.5 Å². The van der Waals surface area contributed by atoms with Crippen molar-refractivity contribution in [1.82, 2.24) is 9.62 Å². The molecule has 1 atom stereocenters. The van der Waals surface area contributed by atoms with Gasteiger partial charge in [-0.05, 0) is 54.2 Å². The molecule has 180 valence electrons. The van der Waals surface area contributed by atoms with Crippen molar-refractivity contribution in [1.29, 1.82) is 0 Å². The summed E-state index contributed by atoms with van der Waals surface area (Å²) in [6.07, 6.45) is 1.30. The Kier molecular flexibility index (Phi) is 8.02. The highest BCUT2D eigenvalue weighted by molar-refractivity contribution is 7.89. The lowest BCUT2D eigenvalue weighted by Crippen LogP contribution is -2.46. The minimum Gasteiger partial charge on any atom is -0.497 e. The van der Waals surface area contributed by atoms with Gasteiger partial charge in [-0.25, -0.2) is 8.42 Å². The van der Waals surface area contributed by atoms with E-state index in [1.165, 1.54) is 23.5 Å². The van der Waals surface area contributed by atoms with Crippen molar-refractivity contribution in [3.8, 4) is 11.5 Å². The van der Waals surface area contributed by atoms with E-state index in [1.54, 1.807) is 12.1 Å². The van der Waals surface area contributed by atoms with E-state index < -0.39 is 10.0 Å². The summed E-state index contributed by atoms with van der Waals surface area (Å²) in [5, 5.41) is 2.91. The minimum absolute atomic E-state index is 0.0409. The standard InChI is InChI=1S/C25H34N2O5S/c1-25(2,3)22-9-5-6-10-23(22)32-17-15-26-24(28)19-8-7-16-27(18-19)33(29,30)21-13-11-20(31-4)12-14-21/h5-6,9-14,19H,7-8,15-18H2,1-4H3,(H,26,28)/t19-/m0/s1. The van der Waals surface area contributed by atoms with E-state index in [-0.39, 0.29) is 28.7 Å². The molecular formula is C25H34N2O5S. The molecule has 2 aromatic rings. The van der Waals surface area contributed by atoms with Crippen LogP contribution in [-0.4, -0.2) is 52.0 Å². The lowest BCUT2D eigenvalue weighted by molar-refractivity contribution is -0.126. The highest BCUT2D eigenvalue weighted by Gasteiger charge is 2.33. The Morgan fingerprint density at radius 1 is 1.12 bits per heavy atom. The summed E-state index contributed by atoms with van der Waals surface area (Å²) in [4.78, 5) is 12.9. The number of sulfonamides is 1. The molecule has 0 spiro atoms. The molecule has 1 N–H and O–H groups in total. The van der Waals surface area contributed by atoms with E-state index in [4.69, 9.17) is 9.47 Å². The van der Waals surface area contributed by atoms with Gasteiger partial charge in [-0.15, -0.1) is 0 Å². The highest BCUT2D eigenvalue weighted by Crippen LogP contribution is 2.31. The summed E-state index contributed by atoms with van der Waals surface area (Å²) in [5.41, 5.74) is 1.07. The molecule has 1 heterocycles. The van der Waals surface area contributed by atoms with E-state index in [0.717, 1.165) is 11.3 Å². The SMILES string of the molecule is COc1ccc(S(=O)(=O)N2CCC[C@H](C(=O)NCCOc3ccccc3C(C)(C)C)C2)cc1. The second-order valence-corrected chi connectivity index (χ2v) is 11.2. The van der Waals surface area contributed by atoms with Crippen LogP contribution in [0.4, 0.5) is 0 Å². The summed E-state index contributed by atoms with van der Waals surface area (Å²) in [5.74, 6) is 0.886. The number of ether oxygens (including phenoxy) is 2. The molecule has 8 heteroatoms. The van der Waals surface area contributed by atoms with E-state index in [1.807, 2.05) is 24.3 Å². The van der Waals surface area contributed by atoms with Crippen molar-refractivity contribution in [2.24, 2.45) is 5.92 Å². The summed E-state index contributed by atoms with van der Waals surface area (Å²) in [6, 6.07) is 14.2. The number of rotatable bonds is 8. The van der Waals surface area contributed by atoms with Gasteiger partial charge in [-0.1, -0.05) is 39.0 Å². The molecule has 1 amide bonds. The monoisotopic (exact) mass is 474 g/mol. The van der Waals surface area contributed by atoms with Gasteiger partial charge in [0.15, 0.2) is 0 Å². The molecule has 3 rings (SSSR count). The molecule has 1 fully saturated rings. The van der Waals surface area contributed by atoms with Gasteiger partial charge in [0.25, 0.3) is 0 Å². The predicted molar refractivity (Wildman–Crippen MR) is 128 cm³/mol. The Morgan fingerprint density at radius 2 is 1.82 bits per heavy atom. The maximum Gasteiger partial charge on any atom is 0.243 e. The third-order valence-electron chi connectivity index (χ3n) is 5.81. The number of nitrogens with zero attached hydrogens (tertiary/aromatic N) is 1. The van der Waals surface area contributed by atoms with Crippen LogP contribution in [0.3, 0.4) is 0 Å². The normalized spacial score (nSPS) is 17.4. The second-order valence-electron chi connectivity index (χ2n) is 9.26. The number of para-hydroxylation sites is 1. The Morgan fingerprint density at radius 3 is 2.48 bits per heavy atom. The van der Waals surface area contributed by atoms with Crippen LogP contribution in [0.25, 0.3) is 0 Å². The number of hydrogen-bond acceptors (Lipinski definition) is 5. The van der Waals surface area contributed by atoms with Gasteiger partial charge in [0, 0.05) is 13.1 Å². The van der Waals surface area contributed by atoms with E-state index in [2.05, 4.69) is 26.1 Å². The van der Waals surface area contributed by atoms with Crippen LogP contribution < -0.4 is 14.8 Å². The molecule has 0 saturated carbocycles. The maximum absolute atomic E-state index is 13.0. The van der Waals surface area contributed by atoms with Crippen molar-refractivity contribution < 1.29 is 22.7 Å². The molecule has 0 aromatic heterocycles.